The van der Waals surface area contributed by atoms with Gasteiger partial charge in [-0.2, -0.15) is 5.01 Å². The van der Waals surface area contributed by atoms with E-state index in [-0.39, 0.29) is 16.9 Å². The van der Waals surface area contributed by atoms with Crippen LogP contribution in [0.3, 0.4) is 0 Å². The topological polar surface area (TPSA) is 75.7 Å². The number of hydrogen-bond acceptors (Lipinski definition) is 4. The van der Waals surface area contributed by atoms with Gasteiger partial charge in [0.2, 0.25) is 0 Å². The number of hydrogen-bond donors (Lipinski definition) is 1. The van der Waals surface area contributed by atoms with Crippen molar-refractivity contribution in [3.8, 4) is 5.75 Å². The van der Waals surface area contributed by atoms with Crippen molar-refractivity contribution in [3.63, 3.8) is 0 Å². The zero-order chi connectivity index (χ0) is 17.3. The first-order valence-corrected chi connectivity index (χ1v) is 6.82. The minimum absolute atomic E-state index is 0.174. The third kappa shape index (κ3) is 2.81. The smallest absolute Gasteiger partial charge is 0.280 e. The van der Waals surface area contributed by atoms with Crippen molar-refractivity contribution in [2.45, 2.75) is 0 Å². The van der Waals surface area contributed by atoms with Crippen molar-refractivity contribution in [1.29, 1.82) is 0 Å². The molecule has 0 spiro atoms. The number of imide groups is 1. The Hall–Kier alpha value is -3.29. The normalized spacial score (nSPS) is 13.0. The summed E-state index contributed by atoms with van der Waals surface area (Å²) in [6, 6.07) is 8.72. The number of benzene rings is 2. The highest BCUT2D eigenvalue weighted by atomic mass is 19.1. The van der Waals surface area contributed by atoms with Gasteiger partial charge >= 0.3 is 0 Å². The van der Waals surface area contributed by atoms with Gasteiger partial charge in [-0.15, -0.1) is 0 Å². The maximum Gasteiger partial charge on any atom is 0.280 e. The van der Waals surface area contributed by atoms with Gasteiger partial charge < -0.3 is 4.74 Å². The Morgan fingerprint density at radius 1 is 1.04 bits per heavy atom. The third-order valence-electron chi connectivity index (χ3n) is 3.28. The molecule has 122 valence electrons. The molecule has 1 N–H and O–H groups in total. The average Bonchev–Trinajstić information content (AvgIpc) is 2.79. The van der Waals surface area contributed by atoms with Crippen molar-refractivity contribution < 1.29 is 27.9 Å². The summed E-state index contributed by atoms with van der Waals surface area (Å²) in [7, 11) is 0. The third-order valence-corrected chi connectivity index (χ3v) is 3.28. The van der Waals surface area contributed by atoms with Crippen LogP contribution >= 0.6 is 0 Å². The number of carbonyl (C=O) groups is 3. The van der Waals surface area contributed by atoms with Gasteiger partial charge in [-0.25, -0.2) is 8.78 Å². The highest BCUT2D eigenvalue weighted by molar-refractivity contribution is 6.21. The fourth-order valence-corrected chi connectivity index (χ4v) is 2.18. The molecule has 0 saturated carbocycles. The molecule has 1 heterocycles. The molecule has 24 heavy (non-hydrogen) atoms. The molecule has 0 fully saturated rings. The summed E-state index contributed by atoms with van der Waals surface area (Å²) >= 11 is 0. The van der Waals surface area contributed by atoms with E-state index in [0.717, 1.165) is 12.1 Å². The van der Waals surface area contributed by atoms with E-state index in [4.69, 9.17) is 4.74 Å². The van der Waals surface area contributed by atoms with Gasteiger partial charge in [-0.05, 0) is 24.3 Å². The Bertz CT molecular complexity index is 819. The van der Waals surface area contributed by atoms with Crippen LogP contribution in [0.2, 0.25) is 0 Å². The van der Waals surface area contributed by atoms with Gasteiger partial charge in [0.1, 0.15) is 5.82 Å². The minimum Gasteiger partial charge on any atom is -0.481 e. The van der Waals surface area contributed by atoms with Crippen LogP contribution in [0.4, 0.5) is 8.78 Å². The van der Waals surface area contributed by atoms with E-state index in [0.29, 0.717) is 11.1 Å². The van der Waals surface area contributed by atoms with Gasteiger partial charge in [-0.1, -0.05) is 12.1 Å². The Balaban J connectivity index is 1.64. The number of nitrogens with zero attached hydrogens (tertiary/aromatic N) is 1. The van der Waals surface area contributed by atoms with Gasteiger partial charge in [0, 0.05) is 6.07 Å². The molecule has 6 nitrogen and oxygen atoms in total. The summed E-state index contributed by atoms with van der Waals surface area (Å²) in [4.78, 5) is 35.9. The predicted octanol–water partition coefficient (Wildman–Crippen LogP) is 1.67. The molecule has 0 radical (unpaired) electrons. The molecular weight excluding hydrogens is 322 g/mol. The Morgan fingerprint density at radius 3 is 2.25 bits per heavy atom. The summed E-state index contributed by atoms with van der Waals surface area (Å²) in [6.45, 7) is -0.657. The molecule has 2 aromatic carbocycles. The van der Waals surface area contributed by atoms with E-state index in [1.165, 1.54) is 12.1 Å². The van der Waals surface area contributed by atoms with Crippen LogP contribution in [0.5, 0.6) is 5.75 Å². The lowest BCUT2D eigenvalue weighted by Crippen LogP contribution is -2.47. The first-order valence-electron chi connectivity index (χ1n) is 6.82. The average molecular weight is 332 g/mol. The highest BCUT2D eigenvalue weighted by Gasteiger charge is 2.36. The number of hydrazine groups is 1. The van der Waals surface area contributed by atoms with Crippen molar-refractivity contribution in [3.05, 3.63) is 65.2 Å². The van der Waals surface area contributed by atoms with E-state index < -0.39 is 36.0 Å². The zero-order valence-electron chi connectivity index (χ0n) is 12.1. The molecule has 0 aliphatic carbocycles. The molecule has 0 bridgehead atoms. The van der Waals surface area contributed by atoms with E-state index in [2.05, 4.69) is 5.43 Å². The number of halogens is 2. The molecule has 3 rings (SSSR count). The SMILES string of the molecule is O=C(COc1ccc(F)cc1F)NN1C(=O)c2ccccc2C1=O. The quantitative estimate of drug-likeness (QED) is 0.864. The van der Waals surface area contributed by atoms with Crippen molar-refractivity contribution in [2.75, 3.05) is 6.61 Å². The van der Waals surface area contributed by atoms with Gasteiger partial charge in [0.05, 0.1) is 11.1 Å². The Morgan fingerprint density at radius 2 is 1.67 bits per heavy atom. The highest BCUT2D eigenvalue weighted by Crippen LogP contribution is 2.21. The molecule has 0 saturated heterocycles. The number of carbonyl (C=O) groups excluding carboxylic acids is 3. The first-order chi connectivity index (χ1) is 11.5. The molecule has 1 aliphatic heterocycles. The molecule has 8 heteroatoms. The fourth-order valence-electron chi connectivity index (χ4n) is 2.18. The van der Waals surface area contributed by atoms with Crippen molar-refractivity contribution >= 4 is 17.7 Å². The number of amides is 3. The fraction of sp³-hybridized carbons (Fsp3) is 0.0625. The van der Waals surface area contributed by atoms with Crippen molar-refractivity contribution in [1.82, 2.24) is 10.4 Å². The number of fused-ring (bicyclic) bond motifs is 1. The number of rotatable bonds is 4. The Labute approximate surface area is 134 Å². The Kier molecular flexibility index (Phi) is 3.95. The minimum atomic E-state index is -0.969. The van der Waals surface area contributed by atoms with Gasteiger partial charge in [0.25, 0.3) is 17.7 Å². The summed E-state index contributed by atoms with van der Waals surface area (Å²) in [6.07, 6.45) is 0. The van der Waals surface area contributed by atoms with Crippen LogP contribution in [0, 0.1) is 11.6 Å². The number of nitrogens with one attached hydrogen (secondary N) is 1. The zero-order valence-corrected chi connectivity index (χ0v) is 12.1. The van der Waals surface area contributed by atoms with Crippen LogP contribution in [0.25, 0.3) is 0 Å². The monoisotopic (exact) mass is 332 g/mol. The summed E-state index contributed by atoms with van der Waals surface area (Å²) in [5.41, 5.74) is 2.45. The second-order valence-electron chi connectivity index (χ2n) is 4.89. The largest absolute Gasteiger partial charge is 0.481 e. The van der Waals surface area contributed by atoms with Gasteiger partial charge in [0.15, 0.2) is 18.2 Å². The van der Waals surface area contributed by atoms with E-state index in [1.54, 1.807) is 12.1 Å². The molecule has 0 atom stereocenters. The van der Waals surface area contributed by atoms with Crippen LogP contribution in [-0.2, 0) is 4.79 Å². The molecule has 2 aromatic rings. The molecule has 3 amide bonds. The summed E-state index contributed by atoms with van der Waals surface area (Å²) < 4.78 is 31.1. The van der Waals surface area contributed by atoms with E-state index in [9.17, 15) is 23.2 Å². The van der Waals surface area contributed by atoms with Crippen LogP contribution < -0.4 is 10.2 Å². The van der Waals surface area contributed by atoms with Crippen LogP contribution in [0.1, 0.15) is 20.7 Å². The second kappa shape index (κ2) is 6.07. The maximum atomic E-state index is 13.4. The van der Waals surface area contributed by atoms with E-state index in [1.807, 2.05) is 0 Å². The van der Waals surface area contributed by atoms with Crippen LogP contribution in [-0.4, -0.2) is 29.3 Å². The first kappa shape index (κ1) is 15.6. The molecular formula is C16H10F2N2O4. The molecule has 0 aromatic heterocycles. The lowest BCUT2D eigenvalue weighted by atomic mass is 10.1. The summed E-state index contributed by atoms with van der Waals surface area (Å²) in [5.74, 6) is -4.25. The maximum absolute atomic E-state index is 13.4. The summed E-state index contributed by atoms with van der Waals surface area (Å²) in [5, 5.41) is 0.567. The van der Waals surface area contributed by atoms with Gasteiger partial charge in [-0.3, -0.25) is 19.8 Å². The number of ether oxygens (including phenoxy) is 1. The predicted molar refractivity (Wildman–Crippen MR) is 76.9 cm³/mol. The van der Waals surface area contributed by atoms with E-state index >= 15 is 0 Å². The molecule has 1 aliphatic rings. The standard InChI is InChI=1S/C16H10F2N2O4/c17-9-5-6-13(12(18)7-9)24-8-14(21)19-20-15(22)10-3-1-2-4-11(10)16(20)23/h1-7H,8H2,(H,19,21). The van der Waals surface area contributed by atoms with Crippen molar-refractivity contribution in [2.24, 2.45) is 0 Å². The lowest BCUT2D eigenvalue weighted by molar-refractivity contribution is -0.126. The van der Waals surface area contributed by atoms with Crippen LogP contribution in [0.15, 0.2) is 42.5 Å². The second-order valence-corrected chi connectivity index (χ2v) is 4.89. The lowest BCUT2D eigenvalue weighted by Gasteiger charge is -2.15. The molecule has 0 unspecified atom stereocenters.